The Kier molecular flexibility index (Phi) is 5.26. The largest absolute Gasteiger partial charge is 0.393 e. The minimum absolute atomic E-state index is 0.621. The average Bonchev–Trinajstić information content (AvgIpc) is 2.93. The van der Waals surface area contributed by atoms with Crippen LogP contribution in [0, 0.1) is 0 Å². The van der Waals surface area contributed by atoms with Gasteiger partial charge in [-0.2, -0.15) is 0 Å². The van der Waals surface area contributed by atoms with Crippen molar-refractivity contribution in [3.8, 4) is 0 Å². The van der Waals surface area contributed by atoms with Crippen molar-refractivity contribution in [1.82, 2.24) is 5.32 Å². The molecule has 3 unspecified atom stereocenters. The van der Waals surface area contributed by atoms with E-state index in [1.807, 2.05) is 11.8 Å². The number of allylic oxidation sites excluding steroid dienone is 3. The van der Waals surface area contributed by atoms with Crippen molar-refractivity contribution in [2.75, 3.05) is 0 Å². The molecule has 3 heteroatoms. The van der Waals surface area contributed by atoms with E-state index in [0.717, 1.165) is 19.0 Å². The molecule has 0 spiro atoms. The lowest BCUT2D eigenvalue weighted by atomic mass is 9.41. The maximum atomic E-state index is 4.23. The minimum Gasteiger partial charge on any atom is -0.393 e. The van der Waals surface area contributed by atoms with E-state index in [-0.39, 0.29) is 0 Å². The zero-order valence-corrected chi connectivity index (χ0v) is 13.1. The maximum Gasteiger partial charge on any atom is 0.167 e. The molecular weight excluding hydrogens is 249 g/mol. The SMILES string of the molecule is C=C(C)CC1CCC(NC(=C)CC2CC=CS2)B1C. The van der Waals surface area contributed by atoms with E-state index < -0.39 is 0 Å². The van der Waals surface area contributed by atoms with Crippen molar-refractivity contribution in [2.45, 2.75) is 62.9 Å². The van der Waals surface area contributed by atoms with Crippen molar-refractivity contribution in [2.24, 2.45) is 0 Å². The third-order valence-corrected chi connectivity index (χ3v) is 5.56. The van der Waals surface area contributed by atoms with Gasteiger partial charge in [-0.1, -0.05) is 37.3 Å². The molecule has 0 aromatic carbocycles. The van der Waals surface area contributed by atoms with Crippen LogP contribution in [0.25, 0.3) is 0 Å². The molecule has 0 aliphatic carbocycles. The average molecular weight is 275 g/mol. The van der Waals surface area contributed by atoms with E-state index in [2.05, 4.69) is 43.7 Å². The molecule has 2 aliphatic heterocycles. The van der Waals surface area contributed by atoms with Crippen LogP contribution < -0.4 is 5.32 Å². The Bertz CT molecular complexity index is 369. The van der Waals surface area contributed by atoms with Crippen LogP contribution in [0.1, 0.15) is 39.0 Å². The zero-order valence-electron chi connectivity index (χ0n) is 12.3. The molecule has 1 saturated heterocycles. The van der Waals surface area contributed by atoms with Crippen molar-refractivity contribution in [1.29, 1.82) is 0 Å². The van der Waals surface area contributed by atoms with Crippen LogP contribution in [0.3, 0.4) is 0 Å². The van der Waals surface area contributed by atoms with Crippen LogP contribution in [-0.2, 0) is 0 Å². The van der Waals surface area contributed by atoms with Gasteiger partial charge in [0.05, 0.1) is 0 Å². The van der Waals surface area contributed by atoms with Crippen molar-refractivity contribution in [3.05, 3.63) is 35.9 Å². The van der Waals surface area contributed by atoms with Gasteiger partial charge in [0, 0.05) is 16.9 Å². The highest BCUT2D eigenvalue weighted by Crippen LogP contribution is 2.36. The highest BCUT2D eigenvalue weighted by molar-refractivity contribution is 8.03. The Balaban J connectivity index is 1.76. The second-order valence-electron chi connectivity index (χ2n) is 6.28. The molecule has 1 N–H and O–H groups in total. The predicted octanol–water partition coefficient (Wildman–Crippen LogP) is 4.66. The van der Waals surface area contributed by atoms with Crippen LogP contribution in [0.5, 0.6) is 0 Å². The van der Waals surface area contributed by atoms with Gasteiger partial charge < -0.3 is 5.32 Å². The summed E-state index contributed by atoms with van der Waals surface area (Å²) >= 11 is 1.95. The molecule has 19 heavy (non-hydrogen) atoms. The first kappa shape index (κ1) is 14.8. The zero-order chi connectivity index (χ0) is 13.8. The third kappa shape index (κ3) is 4.20. The number of thioether (sulfide) groups is 1. The van der Waals surface area contributed by atoms with Gasteiger partial charge in [-0.05, 0) is 38.0 Å². The van der Waals surface area contributed by atoms with Gasteiger partial charge in [0.2, 0.25) is 0 Å². The Morgan fingerprint density at radius 2 is 2.16 bits per heavy atom. The van der Waals surface area contributed by atoms with Crippen LogP contribution in [0.15, 0.2) is 35.9 Å². The van der Waals surface area contributed by atoms with Gasteiger partial charge in [-0.3, -0.25) is 0 Å². The molecule has 1 nitrogen and oxygen atoms in total. The fourth-order valence-electron chi connectivity index (χ4n) is 3.34. The van der Waals surface area contributed by atoms with Crippen molar-refractivity contribution >= 4 is 18.5 Å². The summed E-state index contributed by atoms with van der Waals surface area (Å²) in [4.78, 5) is 0. The molecule has 0 saturated carbocycles. The molecule has 3 atom stereocenters. The summed E-state index contributed by atoms with van der Waals surface area (Å²) in [5, 5.41) is 6.63. The van der Waals surface area contributed by atoms with E-state index in [4.69, 9.17) is 0 Å². The van der Waals surface area contributed by atoms with E-state index in [1.165, 1.54) is 37.0 Å². The molecule has 1 fully saturated rings. The molecule has 2 rings (SSSR count). The predicted molar refractivity (Wildman–Crippen MR) is 89.8 cm³/mol. The molecule has 0 aromatic rings. The number of nitrogens with one attached hydrogen (secondary N) is 1. The molecule has 0 amide bonds. The summed E-state index contributed by atoms with van der Waals surface area (Å²) in [7, 11) is 0. The monoisotopic (exact) mass is 275 g/mol. The summed E-state index contributed by atoms with van der Waals surface area (Å²) in [6, 6.07) is 0. The van der Waals surface area contributed by atoms with Gasteiger partial charge in [0.1, 0.15) is 0 Å². The third-order valence-electron chi connectivity index (χ3n) is 4.47. The standard InChI is InChI=1S/C16H26BNS/c1-12(2)10-14-7-8-16(17(14)4)18-13(3)11-15-6-5-9-19-15/h5,9,14-16,18H,1,3,6-8,10-11H2,2,4H3. The summed E-state index contributed by atoms with van der Waals surface area (Å²) in [5.41, 5.74) is 2.55. The molecule has 0 bridgehead atoms. The Morgan fingerprint density at radius 1 is 1.37 bits per heavy atom. The fraction of sp³-hybridized carbons (Fsp3) is 0.625. The first-order valence-corrected chi connectivity index (χ1v) is 8.39. The van der Waals surface area contributed by atoms with Gasteiger partial charge in [-0.25, -0.2) is 0 Å². The summed E-state index contributed by atoms with van der Waals surface area (Å²) in [5.74, 6) is 1.43. The maximum absolute atomic E-state index is 4.23. The summed E-state index contributed by atoms with van der Waals surface area (Å²) in [6.07, 6.45) is 8.38. The Labute approximate surface area is 123 Å². The van der Waals surface area contributed by atoms with Crippen LogP contribution >= 0.6 is 11.8 Å². The van der Waals surface area contributed by atoms with Crippen LogP contribution in [0.4, 0.5) is 0 Å². The number of hydrogen-bond donors (Lipinski definition) is 1. The van der Waals surface area contributed by atoms with Crippen molar-refractivity contribution < 1.29 is 0 Å². The number of hydrogen-bond acceptors (Lipinski definition) is 2. The summed E-state index contributed by atoms with van der Waals surface area (Å²) < 4.78 is 0. The highest BCUT2D eigenvalue weighted by Gasteiger charge is 2.35. The quantitative estimate of drug-likeness (QED) is 0.559. The van der Waals surface area contributed by atoms with Crippen molar-refractivity contribution in [3.63, 3.8) is 0 Å². The smallest absolute Gasteiger partial charge is 0.167 e. The fourth-order valence-corrected chi connectivity index (χ4v) is 4.31. The molecule has 2 aliphatic rings. The lowest BCUT2D eigenvalue weighted by molar-refractivity contribution is 0.640. The van der Waals surface area contributed by atoms with E-state index in [9.17, 15) is 0 Å². The van der Waals surface area contributed by atoms with E-state index in [0.29, 0.717) is 11.2 Å². The van der Waals surface area contributed by atoms with Crippen LogP contribution in [0.2, 0.25) is 12.6 Å². The van der Waals surface area contributed by atoms with Gasteiger partial charge in [0.15, 0.2) is 6.71 Å². The minimum atomic E-state index is 0.621. The normalized spacial score (nSPS) is 29.8. The van der Waals surface area contributed by atoms with Crippen LogP contribution in [-0.4, -0.2) is 17.9 Å². The summed E-state index contributed by atoms with van der Waals surface area (Å²) in [6.45, 7) is 13.6. The highest BCUT2D eigenvalue weighted by atomic mass is 32.2. The lowest BCUT2D eigenvalue weighted by Gasteiger charge is -2.22. The molecule has 0 radical (unpaired) electrons. The van der Waals surface area contributed by atoms with Gasteiger partial charge in [-0.15, -0.1) is 18.3 Å². The topological polar surface area (TPSA) is 12.0 Å². The lowest BCUT2D eigenvalue weighted by Crippen LogP contribution is -2.38. The first-order valence-electron chi connectivity index (χ1n) is 7.45. The Hall–Kier alpha value is -0.565. The Morgan fingerprint density at radius 3 is 2.79 bits per heavy atom. The second kappa shape index (κ2) is 6.74. The number of rotatable bonds is 6. The second-order valence-corrected chi connectivity index (χ2v) is 7.49. The molecule has 0 aromatic heterocycles. The van der Waals surface area contributed by atoms with Gasteiger partial charge in [0.25, 0.3) is 0 Å². The first-order chi connectivity index (χ1) is 9.06. The van der Waals surface area contributed by atoms with E-state index >= 15 is 0 Å². The molecular formula is C16H26BNS. The molecule has 2 heterocycles. The van der Waals surface area contributed by atoms with Gasteiger partial charge >= 0.3 is 0 Å². The van der Waals surface area contributed by atoms with E-state index in [1.54, 1.807) is 0 Å². The molecule has 104 valence electrons.